The molecular formula is C21H19F2N5O2. The predicted molar refractivity (Wildman–Crippen MR) is 105 cm³/mol. The van der Waals surface area contributed by atoms with Gasteiger partial charge in [0, 0.05) is 41.6 Å². The van der Waals surface area contributed by atoms with Crippen molar-refractivity contribution in [2.45, 2.75) is 39.2 Å². The van der Waals surface area contributed by atoms with Crippen molar-refractivity contribution in [3.63, 3.8) is 0 Å². The van der Waals surface area contributed by atoms with Crippen LogP contribution in [0, 0.1) is 11.6 Å². The fourth-order valence-corrected chi connectivity index (χ4v) is 3.34. The number of ketones is 1. The first-order valence-electron chi connectivity index (χ1n) is 9.31. The van der Waals surface area contributed by atoms with Crippen molar-refractivity contribution in [2.24, 2.45) is 0 Å². The van der Waals surface area contributed by atoms with Gasteiger partial charge in [-0.25, -0.2) is 8.78 Å². The third-order valence-corrected chi connectivity index (χ3v) is 5.09. The Hall–Kier alpha value is -3.33. The van der Waals surface area contributed by atoms with Crippen molar-refractivity contribution < 1.29 is 18.7 Å². The summed E-state index contributed by atoms with van der Waals surface area (Å²) < 4.78 is 31.7. The molecule has 3 heterocycles. The molecule has 1 atom stereocenters. The number of hydrogen-bond acceptors (Lipinski definition) is 6. The Bertz CT molecular complexity index is 1310. The summed E-state index contributed by atoms with van der Waals surface area (Å²) in [5.74, 6) is -2.50. The third kappa shape index (κ3) is 3.21. The quantitative estimate of drug-likeness (QED) is 0.517. The highest BCUT2D eigenvalue weighted by Gasteiger charge is 2.27. The molecule has 0 bridgehead atoms. The molecule has 1 unspecified atom stereocenters. The van der Waals surface area contributed by atoms with Crippen molar-refractivity contribution >= 4 is 22.3 Å². The van der Waals surface area contributed by atoms with Crippen LogP contribution in [0.15, 0.2) is 30.5 Å². The summed E-state index contributed by atoms with van der Waals surface area (Å²) in [4.78, 5) is 15.8. The van der Waals surface area contributed by atoms with Gasteiger partial charge in [-0.3, -0.25) is 9.78 Å². The molecule has 1 aromatic carbocycles. The molecule has 4 rings (SSSR count). The lowest BCUT2D eigenvalue weighted by Gasteiger charge is -2.19. The number of aromatic nitrogens is 5. The van der Waals surface area contributed by atoms with E-state index in [0.717, 1.165) is 6.07 Å². The summed E-state index contributed by atoms with van der Waals surface area (Å²) >= 11 is 0. The Balaban J connectivity index is 1.91. The second kappa shape index (κ2) is 6.88. The highest BCUT2D eigenvalue weighted by molar-refractivity contribution is 5.92. The lowest BCUT2D eigenvalue weighted by molar-refractivity contribution is 0.0784. The molecule has 3 aromatic heterocycles. The van der Waals surface area contributed by atoms with Gasteiger partial charge in [0.05, 0.1) is 11.1 Å². The maximum Gasteiger partial charge on any atom is 0.179 e. The molecule has 154 valence electrons. The summed E-state index contributed by atoms with van der Waals surface area (Å²) in [5, 5.41) is 22.5. The molecule has 0 amide bonds. The molecule has 0 radical (unpaired) electrons. The van der Waals surface area contributed by atoms with E-state index in [4.69, 9.17) is 0 Å². The molecule has 9 heteroatoms. The van der Waals surface area contributed by atoms with Crippen molar-refractivity contribution in [2.75, 3.05) is 0 Å². The van der Waals surface area contributed by atoms with Gasteiger partial charge in [0.15, 0.2) is 17.3 Å². The lowest BCUT2D eigenvalue weighted by atomic mass is 9.94. The minimum Gasteiger partial charge on any atom is -0.386 e. The molecular weight excluding hydrogens is 392 g/mol. The first kappa shape index (κ1) is 20.0. The zero-order valence-corrected chi connectivity index (χ0v) is 16.8. The standard InChI is InChI=1S/C21H19F2N5O2/c1-10(20-26-25-17-6-5-15(11(2)29)27-28(17)20)18-14(22)8-16-13(19(18)23)7-12(9-24-16)21(3,4)30/h5-10,30H,1-4H3. The number of carbonyl (C=O) groups is 1. The molecule has 0 aliphatic carbocycles. The summed E-state index contributed by atoms with van der Waals surface area (Å²) in [6.07, 6.45) is 1.39. The molecule has 0 aliphatic rings. The molecule has 0 spiro atoms. The molecule has 4 aromatic rings. The second-order valence-electron chi connectivity index (χ2n) is 7.76. The van der Waals surface area contributed by atoms with E-state index in [0.29, 0.717) is 11.2 Å². The van der Waals surface area contributed by atoms with Crippen LogP contribution in [-0.2, 0) is 5.60 Å². The second-order valence-corrected chi connectivity index (χ2v) is 7.76. The van der Waals surface area contributed by atoms with Crippen molar-refractivity contribution in [1.82, 2.24) is 24.8 Å². The van der Waals surface area contributed by atoms with Crippen LogP contribution in [0.5, 0.6) is 0 Å². The molecule has 0 saturated heterocycles. The SMILES string of the molecule is CC(=O)c1ccc2nnc(C(C)c3c(F)cc4ncc(C(C)(C)O)cc4c3F)n2n1. The highest BCUT2D eigenvalue weighted by atomic mass is 19.1. The molecule has 1 N–H and O–H groups in total. The predicted octanol–water partition coefficient (Wildman–Crippen LogP) is 3.53. The number of aliphatic hydroxyl groups is 1. The van der Waals surface area contributed by atoms with Gasteiger partial charge in [0.25, 0.3) is 0 Å². The van der Waals surface area contributed by atoms with E-state index >= 15 is 4.39 Å². The van der Waals surface area contributed by atoms with Crippen LogP contribution in [0.4, 0.5) is 8.78 Å². The zero-order valence-electron chi connectivity index (χ0n) is 16.8. The van der Waals surface area contributed by atoms with Crippen LogP contribution in [0.3, 0.4) is 0 Å². The van der Waals surface area contributed by atoms with E-state index in [1.54, 1.807) is 26.8 Å². The number of fused-ring (bicyclic) bond motifs is 2. The van der Waals surface area contributed by atoms with Gasteiger partial charge >= 0.3 is 0 Å². The van der Waals surface area contributed by atoms with E-state index in [2.05, 4.69) is 20.3 Å². The summed E-state index contributed by atoms with van der Waals surface area (Å²) in [6.45, 7) is 6.07. The van der Waals surface area contributed by atoms with E-state index < -0.39 is 23.2 Å². The maximum atomic E-state index is 15.5. The van der Waals surface area contributed by atoms with Crippen molar-refractivity contribution in [3.05, 3.63) is 64.7 Å². The van der Waals surface area contributed by atoms with Gasteiger partial charge in [-0.15, -0.1) is 10.2 Å². The maximum absolute atomic E-state index is 15.5. The number of hydrogen-bond donors (Lipinski definition) is 1. The van der Waals surface area contributed by atoms with E-state index in [1.807, 2.05) is 0 Å². The van der Waals surface area contributed by atoms with E-state index in [-0.39, 0.29) is 33.8 Å². The number of carbonyl (C=O) groups excluding carboxylic acids is 1. The molecule has 0 fully saturated rings. The molecule has 7 nitrogen and oxygen atoms in total. The van der Waals surface area contributed by atoms with Crippen LogP contribution in [0.1, 0.15) is 61.1 Å². The number of halogens is 2. The first-order valence-corrected chi connectivity index (χ1v) is 9.31. The normalized spacial score (nSPS) is 13.2. The number of nitrogens with zero attached hydrogens (tertiary/aromatic N) is 5. The largest absolute Gasteiger partial charge is 0.386 e. The van der Waals surface area contributed by atoms with Gasteiger partial charge < -0.3 is 5.11 Å². The average Bonchev–Trinajstić information content (AvgIpc) is 3.10. The third-order valence-electron chi connectivity index (χ3n) is 5.09. The number of pyridine rings is 1. The van der Waals surface area contributed by atoms with Crippen LogP contribution < -0.4 is 0 Å². The molecule has 30 heavy (non-hydrogen) atoms. The van der Waals surface area contributed by atoms with Crippen LogP contribution in [-0.4, -0.2) is 35.7 Å². The van der Waals surface area contributed by atoms with E-state index in [9.17, 15) is 14.3 Å². The Morgan fingerprint density at radius 1 is 1.20 bits per heavy atom. The Kier molecular flexibility index (Phi) is 4.58. The fraction of sp³-hybridized carbons (Fsp3) is 0.286. The van der Waals surface area contributed by atoms with Gasteiger partial charge in [-0.05, 0) is 32.0 Å². The molecule has 0 saturated carbocycles. The lowest BCUT2D eigenvalue weighted by Crippen LogP contribution is -2.16. The Morgan fingerprint density at radius 2 is 1.93 bits per heavy atom. The van der Waals surface area contributed by atoms with Crippen LogP contribution >= 0.6 is 0 Å². The van der Waals surface area contributed by atoms with Gasteiger partial charge in [-0.1, -0.05) is 6.92 Å². The summed E-state index contributed by atoms with van der Waals surface area (Å²) in [6, 6.07) is 5.69. The smallest absolute Gasteiger partial charge is 0.179 e. The van der Waals surface area contributed by atoms with Crippen molar-refractivity contribution in [1.29, 1.82) is 0 Å². The van der Waals surface area contributed by atoms with E-state index in [1.165, 1.54) is 29.8 Å². The topological polar surface area (TPSA) is 93.3 Å². The fourth-order valence-electron chi connectivity index (χ4n) is 3.34. The number of benzene rings is 1. The average molecular weight is 411 g/mol. The number of rotatable bonds is 4. The monoisotopic (exact) mass is 411 g/mol. The van der Waals surface area contributed by atoms with Gasteiger partial charge in [-0.2, -0.15) is 9.61 Å². The van der Waals surface area contributed by atoms with Crippen LogP contribution in [0.25, 0.3) is 16.6 Å². The van der Waals surface area contributed by atoms with Gasteiger partial charge in [0.2, 0.25) is 0 Å². The Morgan fingerprint density at radius 3 is 2.60 bits per heavy atom. The number of Topliss-reactive ketones (excluding diaryl/α,β-unsaturated/α-hetero) is 1. The zero-order chi connectivity index (χ0) is 21.8. The van der Waals surface area contributed by atoms with Gasteiger partial charge in [0.1, 0.15) is 17.3 Å². The summed E-state index contributed by atoms with van der Waals surface area (Å²) in [7, 11) is 0. The first-order chi connectivity index (χ1) is 14.1. The van der Waals surface area contributed by atoms with Crippen LogP contribution in [0.2, 0.25) is 0 Å². The molecule has 0 aliphatic heterocycles. The highest BCUT2D eigenvalue weighted by Crippen LogP contribution is 2.33. The Labute approximate surface area is 170 Å². The summed E-state index contributed by atoms with van der Waals surface area (Å²) in [5.41, 5.74) is -0.369. The van der Waals surface area contributed by atoms with Crippen molar-refractivity contribution in [3.8, 4) is 0 Å². The minimum absolute atomic E-state index is 0.0871. The minimum atomic E-state index is -1.23.